The van der Waals surface area contributed by atoms with Crippen LogP contribution >= 0.6 is 0 Å². The van der Waals surface area contributed by atoms with Gasteiger partial charge in [0.25, 0.3) is 5.91 Å². The summed E-state index contributed by atoms with van der Waals surface area (Å²) in [7, 11) is 0. The molecule has 0 radical (unpaired) electrons. The van der Waals surface area contributed by atoms with E-state index in [0.29, 0.717) is 0 Å². The topological polar surface area (TPSA) is 40.5 Å². The number of aliphatic hydroxyl groups excluding tert-OH is 1. The molecule has 1 N–H and O–H groups in total. The van der Waals surface area contributed by atoms with Gasteiger partial charge in [0.1, 0.15) is 6.10 Å². The van der Waals surface area contributed by atoms with Crippen molar-refractivity contribution in [1.82, 2.24) is 4.90 Å². The molecular weight excluding hydrogens is 240 g/mol. The van der Waals surface area contributed by atoms with Gasteiger partial charge in [0.05, 0.1) is 12.0 Å². The van der Waals surface area contributed by atoms with Crippen molar-refractivity contribution in [3.8, 4) is 0 Å². The standard InChI is InChI=1S/C13H15F2NO2/c1-8(9-5-3-2-4-6-9)16-7-10(12(14)15)11(17)13(16)18/h2-6,8,10-12,17H,7H2,1H3. The van der Waals surface area contributed by atoms with Crippen LogP contribution in [0.1, 0.15) is 18.5 Å². The zero-order chi connectivity index (χ0) is 13.3. The highest BCUT2D eigenvalue weighted by atomic mass is 19.3. The number of hydrogen-bond acceptors (Lipinski definition) is 2. The highest BCUT2D eigenvalue weighted by molar-refractivity contribution is 5.83. The van der Waals surface area contributed by atoms with Crippen LogP contribution in [0, 0.1) is 5.92 Å². The van der Waals surface area contributed by atoms with Gasteiger partial charge in [-0.2, -0.15) is 0 Å². The molecule has 1 aliphatic rings. The number of rotatable bonds is 3. The molecule has 5 heteroatoms. The fourth-order valence-corrected chi connectivity index (χ4v) is 2.25. The van der Waals surface area contributed by atoms with Crippen LogP contribution in [0.5, 0.6) is 0 Å². The molecule has 1 fully saturated rings. The Kier molecular flexibility index (Phi) is 3.61. The Labute approximate surface area is 104 Å². The summed E-state index contributed by atoms with van der Waals surface area (Å²) in [5, 5.41) is 9.52. The fourth-order valence-electron chi connectivity index (χ4n) is 2.25. The van der Waals surface area contributed by atoms with Crippen LogP contribution in [0.4, 0.5) is 8.78 Å². The first-order valence-corrected chi connectivity index (χ1v) is 5.84. The summed E-state index contributed by atoms with van der Waals surface area (Å²) in [5.41, 5.74) is 0.868. The van der Waals surface area contributed by atoms with E-state index >= 15 is 0 Å². The van der Waals surface area contributed by atoms with Gasteiger partial charge in [0.15, 0.2) is 0 Å². The lowest BCUT2D eigenvalue weighted by molar-refractivity contribution is -0.137. The van der Waals surface area contributed by atoms with Crippen molar-refractivity contribution >= 4 is 5.91 Å². The number of nitrogens with zero attached hydrogens (tertiary/aromatic N) is 1. The normalized spacial score (nSPS) is 25.8. The second-order valence-electron chi connectivity index (χ2n) is 4.52. The molecule has 1 amide bonds. The molecule has 18 heavy (non-hydrogen) atoms. The van der Waals surface area contributed by atoms with Crippen LogP contribution in [0.25, 0.3) is 0 Å². The molecule has 1 aromatic rings. The second-order valence-corrected chi connectivity index (χ2v) is 4.52. The van der Waals surface area contributed by atoms with E-state index in [9.17, 15) is 18.7 Å². The Hall–Kier alpha value is -1.49. The molecule has 3 unspecified atom stereocenters. The van der Waals surface area contributed by atoms with E-state index in [1.165, 1.54) is 4.90 Å². The summed E-state index contributed by atoms with van der Waals surface area (Å²) < 4.78 is 25.3. The van der Waals surface area contributed by atoms with E-state index in [1.807, 2.05) is 30.3 Å². The zero-order valence-electron chi connectivity index (χ0n) is 9.96. The van der Waals surface area contributed by atoms with Gasteiger partial charge in [-0.05, 0) is 12.5 Å². The minimum absolute atomic E-state index is 0.103. The third kappa shape index (κ3) is 2.22. The molecule has 2 rings (SSSR count). The lowest BCUT2D eigenvalue weighted by Gasteiger charge is -2.25. The SMILES string of the molecule is CC(c1ccccc1)N1CC(C(F)F)C(O)C1=O. The van der Waals surface area contributed by atoms with Crippen LogP contribution in [0.2, 0.25) is 0 Å². The van der Waals surface area contributed by atoms with Crippen LogP contribution in [-0.4, -0.2) is 35.0 Å². The molecule has 1 heterocycles. The van der Waals surface area contributed by atoms with Gasteiger partial charge in [0.2, 0.25) is 6.43 Å². The largest absolute Gasteiger partial charge is 0.383 e. The van der Waals surface area contributed by atoms with Crippen molar-refractivity contribution in [1.29, 1.82) is 0 Å². The van der Waals surface area contributed by atoms with Crippen molar-refractivity contribution in [3.05, 3.63) is 35.9 Å². The molecule has 0 aliphatic carbocycles. The predicted octanol–water partition coefficient (Wildman–Crippen LogP) is 1.83. The molecule has 3 nitrogen and oxygen atoms in total. The van der Waals surface area contributed by atoms with E-state index < -0.39 is 24.4 Å². The molecule has 1 aromatic carbocycles. The van der Waals surface area contributed by atoms with E-state index in [0.717, 1.165) is 5.56 Å². The summed E-state index contributed by atoms with van der Waals surface area (Å²) in [6.45, 7) is 1.67. The van der Waals surface area contributed by atoms with Crippen LogP contribution in [0.15, 0.2) is 30.3 Å². The first-order chi connectivity index (χ1) is 8.52. The Morgan fingerprint density at radius 1 is 1.33 bits per heavy atom. The molecule has 0 spiro atoms. The van der Waals surface area contributed by atoms with Crippen molar-refractivity contribution in [2.24, 2.45) is 5.92 Å². The van der Waals surface area contributed by atoms with Crippen LogP contribution in [0.3, 0.4) is 0 Å². The number of amides is 1. The van der Waals surface area contributed by atoms with Gasteiger partial charge < -0.3 is 10.0 Å². The number of carbonyl (C=O) groups is 1. The Morgan fingerprint density at radius 3 is 2.44 bits per heavy atom. The lowest BCUT2D eigenvalue weighted by atomic mass is 10.1. The molecule has 0 saturated carbocycles. The van der Waals surface area contributed by atoms with Gasteiger partial charge in [-0.3, -0.25) is 4.79 Å². The first-order valence-electron chi connectivity index (χ1n) is 5.84. The van der Waals surface area contributed by atoms with Gasteiger partial charge >= 0.3 is 0 Å². The fraction of sp³-hybridized carbons (Fsp3) is 0.462. The van der Waals surface area contributed by atoms with Crippen molar-refractivity contribution in [2.45, 2.75) is 25.5 Å². The zero-order valence-corrected chi connectivity index (χ0v) is 9.96. The van der Waals surface area contributed by atoms with E-state index in [2.05, 4.69) is 0 Å². The molecule has 98 valence electrons. The second kappa shape index (κ2) is 5.02. The molecule has 0 bridgehead atoms. The highest BCUT2D eigenvalue weighted by Gasteiger charge is 2.45. The summed E-state index contributed by atoms with van der Waals surface area (Å²) in [5.74, 6) is -1.90. The monoisotopic (exact) mass is 255 g/mol. The summed E-state index contributed by atoms with van der Waals surface area (Å²) in [4.78, 5) is 13.1. The van der Waals surface area contributed by atoms with Crippen LogP contribution in [-0.2, 0) is 4.79 Å². The number of alkyl halides is 2. The first kappa shape index (κ1) is 13.0. The van der Waals surface area contributed by atoms with E-state index in [1.54, 1.807) is 6.92 Å². The van der Waals surface area contributed by atoms with Gasteiger partial charge in [-0.15, -0.1) is 0 Å². The Morgan fingerprint density at radius 2 is 1.94 bits per heavy atom. The number of aliphatic hydroxyl groups is 1. The lowest BCUT2D eigenvalue weighted by Crippen LogP contribution is -2.32. The minimum Gasteiger partial charge on any atom is -0.383 e. The highest BCUT2D eigenvalue weighted by Crippen LogP contribution is 2.31. The minimum atomic E-state index is -2.68. The Balaban J connectivity index is 2.18. The van der Waals surface area contributed by atoms with E-state index in [-0.39, 0.29) is 12.6 Å². The third-order valence-corrected chi connectivity index (χ3v) is 3.42. The third-order valence-electron chi connectivity index (χ3n) is 3.42. The van der Waals surface area contributed by atoms with Crippen molar-refractivity contribution in [2.75, 3.05) is 6.54 Å². The average Bonchev–Trinajstić information content (AvgIpc) is 2.67. The maximum atomic E-state index is 12.7. The molecular formula is C13H15F2NO2. The smallest absolute Gasteiger partial charge is 0.252 e. The van der Waals surface area contributed by atoms with Gasteiger partial charge in [-0.25, -0.2) is 8.78 Å². The molecule has 0 aromatic heterocycles. The average molecular weight is 255 g/mol. The van der Waals surface area contributed by atoms with Crippen molar-refractivity contribution in [3.63, 3.8) is 0 Å². The number of carbonyl (C=O) groups excluding carboxylic acids is 1. The molecule has 1 saturated heterocycles. The van der Waals surface area contributed by atoms with E-state index in [4.69, 9.17) is 0 Å². The molecule has 1 aliphatic heterocycles. The number of halogens is 2. The summed E-state index contributed by atoms with van der Waals surface area (Å²) in [6.07, 6.45) is -4.27. The van der Waals surface area contributed by atoms with Crippen LogP contribution < -0.4 is 0 Å². The van der Waals surface area contributed by atoms with Gasteiger partial charge in [0, 0.05) is 6.54 Å². The number of benzene rings is 1. The maximum Gasteiger partial charge on any atom is 0.252 e. The summed E-state index contributed by atoms with van der Waals surface area (Å²) >= 11 is 0. The van der Waals surface area contributed by atoms with Gasteiger partial charge in [-0.1, -0.05) is 30.3 Å². The maximum absolute atomic E-state index is 12.7. The number of hydrogen-bond donors (Lipinski definition) is 1. The Bertz CT molecular complexity index is 424. The van der Waals surface area contributed by atoms with Crippen molar-refractivity contribution < 1.29 is 18.7 Å². The molecule has 3 atom stereocenters. The summed E-state index contributed by atoms with van der Waals surface area (Å²) in [6, 6.07) is 8.86. The predicted molar refractivity (Wildman–Crippen MR) is 62.1 cm³/mol. The number of likely N-dealkylation sites (tertiary alicyclic amines) is 1. The quantitative estimate of drug-likeness (QED) is 0.895.